The summed E-state index contributed by atoms with van der Waals surface area (Å²) in [5.41, 5.74) is 0. The van der Waals surface area contributed by atoms with Crippen LogP contribution in [0.4, 0.5) is 0 Å². The summed E-state index contributed by atoms with van der Waals surface area (Å²) < 4.78 is 23.4. The van der Waals surface area contributed by atoms with Crippen molar-refractivity contribution in [3.05, 3.63) is 85.1 Å². The van der Waals surface area contributed by atoms with Gasteiger partial charge in [0.05, 0.1) is 92.8 Å². The zero-order valence-corrected chi connectivity index (χ0v) is 43.3. The normalized spacial score (nSPS) is 41.5. The number of aliphatic hydroxyl groups is 14. The predicted octanol–water partition coefficient (Wildman–Crippen LogP) is -2.01. The number of carbonyl (C=O) groups is 3. The molecule has 3 aliphatic heterocycles. The molecule has 0 aliphatic carbocycles. The number of carbonyl (C=O) groups excluding carboxylic acids is 2. The first-order valence-corrected chi connectivity index (χ1v) is 25.6. The number of allylic oxidation sites excluding steroid dienone is 12. The van der Waals surface area contributed by atoms with Crippen molar-refractivity contribution < 1.29 is 110 Å². The molecule has 2 bridgehead atoms. The average molecular weight is 1090 g/mol. The second-order valence-corrected chi connectivity index (χ2v) is 20.0. The van der Waals surface area contributed by atoms with Gasteiger partial charge in [-0.25, -0.2) is 0 Å². The van der Waals surface area contributed by atoms with Crippen LogP contribution in [0.25, 0.3) is 0 Å². The smallest absolute Gasteiger partial charge is 0.311 e. The van der Waals surface area contributed by atoms with Gasteiger partial charge in [0.25, 0.3) is 0 Å². The largest absolute Gasteiger partial charge is 0.481 e. The molecule has 22 atom stereocenters. The molecule has 2 fully saturated rings. The standard InChI is InChI=1S/C53H83NO22/c1-29-17-15-13-11-9-7-5-6-8-10-12-14-16-18-36(75-52-50(69)45(47(66)32(4)74-52)54-27-40(62)48(67)49(68)41(63)28-55)24-42-44(51(70)71)39(61)26-53(72,76-42)25-35(58)22-38(60)37(59)20-19-33(56)21-34(57)23-43(64)73-31(3)30(2)46(29)65/h5-18,29-39,41-42,44-50,52,54-61,63,65-69,72H,19-28H2,1-4H3,(H,70,71)/b6-5+,9-7+,10-8+,13-11-,14-12+,17-15+,18-16?/t29-,30-,31-,32+,33+,34+,35-,36-,37+,38+,39-,41+,42-,44-,45-,46+,47-,48+,49+,50-,52-,53+/m0/s1. The van der Waals surface area contributed by atoms with E-state index in [4.69, 9.17) is 24.1 Å². The summed E-state index contributed by atoms with van der Waals surface area (Å²) in [5, 5.41) is 162. The van der Waals surface area contributed by atoms with Crippen molar-refractivity contribution in [2.45, 2.75) is 195 Å². The summed E-state index contributed by atoms with van der Waals surface area (Å²) in [5.74, 6) is -8.30. The number of aliphatic hydroxyl groups excluding tert-OH is 13. The van der Waals surface area contributed by atoms with Gasteiger partial charge in [-0.05, 0) is 33.1 Å². The number of carboxylic acids is 1. The van der Waals surface area contributed by atoms with E-state index in [0.29, 0.717) is 0 Å². The molecule has 0 aromatic heterocycles. The number of carboxylic acid groups (broad SMARTS) is 1. The van der Waals surface area contributed by atoms with Crippen LogP contribution in [-0.4, -0.2) is 223 Å². The van der Waals surface area contributed by atoms with Gasteiger partial charge in [0.15, 0.2) is 17.9 Å². The second-order valence-electron chi connectivity index (χ2n) is 20.0. The lowest BCUT2D eigenvalue weighted by molar-refractivity contribution is -0.309. The topological polar surface area (TPSA) is 404 Å². The number of ketones is 1. The van der Waals surface area contributed by atoms with E-state index in [0.717, 1.165) is 0 Å². The summed E-state index contributed by atoms with van der Waals surface area (Å²) in [6, 6.07) is -1.40. The summed E-state index contributed by atoms with van der Waals surface area (Å²) in [6.07, 6.45) is -5.67. The molecule has 16 N–H and O–H groups in total. The van der Waals surface area contributed by atoms with E-state index < -0.39 is 191 Å². The van der Waals surface area contributed by atoms with Crippen molar-refractivity contribution in [2.75, 3.05) is 13.2 Å². The molecule has 0 saturated carbocycles. The van der Waals surface area contributed by atoms with Crippen molar-refractivity contribution in [1.82, 2.24) is 5.32 Å². The fourth-order valence-electron chi connectivity index (χ4n) is 9.01. The monoisotopic (exact) mass is 1090 g/mol. The van der Waals surface area contributed by atoms with E-state index in [1.54, 1.807) is 86.8 Å². The quantitative estimate of drug-likeness (QED) is 0.105. The minimum Gasteiger partial charge on any atom is -0.481 e. The Balaban J connectivity index is 1.92. The lowest BCUT2D eigenvalue weighted by atomic mass is 9.82. The molecule has 0 aromatic carbocycles. The molecule has 0 amide bonds. The van der Waals surface area contributed by atoms with E-state index >= 15 is 0 Å². The molecule has 23 heteroatoms. The van der Waals surface area contributed by atoms with Gasteiger partial charge in [-0.3, -0.25) is 14.4 Å². The maximum atomic E-state index is 12.7. The molecule has 2 saturated heterocycles. The number of cyclic esters (lactones) is 1. The lowest BCUT2D eigenvalue weighted by Crippen LogP contribution is -2.64. The van der Waals surface area contributed by atoms with Crippen LogP contribution in [0.5, 0.6) is 0 Å². The number of Topliss-reactive ketones (excluding diaryl/α,β-unsaturated/α-hetero) is 1. The molecule has 76 heavy (non-hydrogen) atoms. The molecule has 3 aliphatic rings. The number of esters is 1. The molecule has 432 valence electrons. The summed E-state index contributed by atoms with van der Waals surface area (Å²) in [7, 11) is 0. The summed E-state index contributed by atoms with van der Waals surface area (Å²) in [4.78, 5) is 38.0. The number of hydrogen-bond donors (Lipinski definition) is 16. The van der Waals surface area contributed by atoms with Gasteiger partial charge in [-0.2, -0.15) is 0 Å². The van der Waals surface area contributed by atoms with Crippen LogP contribution in [0.2, 0.25) is 0 Å². The Bertz CT molecular complexity index is 1980. The molecule has 3 heterocycles. The van der Waals surface area contributed by atoms with E-state index in [9.17, 15) is 85.9 Å². The molecule has 0 spiro atoms. The molecular weight excluding hydrogens is 1000 g/mol. The highest BCUT2D eigenvalue weighted by atomic mass is 16.7. The van der Waals surface area contributed by atoms with Crippen LogP contribution in [0.1, 0.15) is 79.1 Å². The number of nitrogens with one attached hydrogen (secondary N) is 1. The Morgan fingerprint density at radius 2 is 1.28 bits per heavy atom. The lowest BCUT2D eigenvalue weighted by Gasteiger charge is -2.45. The van der Waals surface area contributed by atoms with Gasteiger partial charge in [-0.15, -0.1) is 0 Å². The summed E-state index contributed by atoms with van der Waals surface area (Å²) >= 11 is 0. The number of aliphatic carboxylic acids is 1. The minimum atomic E-state index is -2.43. The molecule has 0 radical (unpaired) electrons. The Hall–Kier alpha value is -3.93. The zero-order valence-electron chi connectivity index (χ0n) is 43.3. The van der Waals surface area contributed by atoms with E-state index in [1.165, 1.54) is 19.1 Å². The molecule has 0 unspecified atom stereocenters. The van der Waals surface area contributed by atoms with Crippen LogP contribution in [0.3, 0.4) is 0 Å². The van der Waals surface area contributed by atoms with E-state index in [2.05, 4.69) is 5.32 Å². The molecule has 3 rings (SSSR count). The van der Waals surface area contributed by atoms with Gasteiger partial charge in [0, 0.05) is 37.5 Å². The summed E-state index contributed by atoms with van der Waals surface area (Å²) in [6.45, 7) is 4.84. The van der Waals surface area contributed by atoms with Crippen molar-refractivity contribution in [1.29, 1.82) is 0 Å². The predicted molar refractivity (Wildman–Crippen MR) is 271 cm³/mol. The Morgan fingerprint density at radius 3 is 1.86 bits per heavy atom. The third-order valence-corrected chi connectivity index (χ3v) is 13.7. The maximum absolute atomic E-state index is 12.7. The molecule has 23 nitrogen and oxygen atoms in total. The van der Waals surface area contributed by atoms with Crippen LogP contribution < -0.4 is 5.32 Å². The maximum Gasteiger partial charge on any atom is 0.311 e. The first-order valence-electron chi connectivity index (χ1n) is 25.6. The van der Waals surface area contributed by atoms with Gasteiger partial charge >= 0.3 is 11.9 Å². The van der Waals surface area contributed by atoms with Crippen LogP contribution in [-0.2, 0) is 33.3 Å². The van der Waals surface area contributed by atoms with Crippen molar-refractivity contribution >= 4 is 17.7 Å². The Morgan fingerprint density at radius 1 is 0.697 bits per heavy atom. The first-order chi connectivity index (χ1) is 35.8. The van der Waals surface area contributed by atoms with Crippen molar-refractivity contribution in [2.24, 2.45) is 17.8 Å². The van der Waals surface area contributed by atoms with Gasteiger partial charge in [0.1, 0.15) is 36.4 Å². The highest BCUT2D eigenvalue weighted by Crippen LogP contribution is 2.38. The second kappa shape index (κ2) is 32.8. The minimum absolute atomic E-state index is 0.151. The molecule has 0 aromatic rings. The van der Waals surface area contributed by atoms with E-state index in [-0.39, 0.29) is 25.2 Å². The molecular formula is C53H83NO22. The van der Waals surface area contributed by atoms with Crippen LogP contribution in [0.15, 0.2) is 85.1 Å². The zero-order chi connectivity index (χ0) is 56.9. The van der Waals surface area contributed by atoms with Crippen molar-refractivity contribution in [3.63, 3.8) is 0 Å². The van der Waals surface area contributed by atoms with Crippen LogP contribution >= 0.6 is 0 Å². The number of hydrogen-bond acceptors (Lipinski definition) is 22. The Labute approximate surface area is 442 Å². The third kappa shape index (κ3) is 21.7. The highest BCUT2D eigenvalue weighted by molar-refractivity contribution is 5.85. The fraction of sp³-hybridized carbons (Fsp3) is 0.679. The van der Waals surface area contributed by atoms with Crippen LogP contribution in [0, 0.1) is 17.8 Å². The van der Waals surface area contributed by atoms with Gasteiger partial charge in [0.2, 0.25) is 0 Å². The van der Waals surface area contributed by atoms with Crippen molar-refractivity contribution in [3.8, 4) is 0 Å². The average Bonchev–Trinajstić information content (AvgIpc) is 3.34. The van der Waals surface area contributed by atoms with Gasteiger partial charge in [-0.1, -0.05) is 98.9 Å². The number of fused-ring (bicyclic) bond motifs is 2. The third-order valence-electron chi connectivity index (χ3n) is 13.7. The van der Waals surface area contributed by atoms with Gasteiger partial charge < -0.3 is 101 Å². The number of rotatable bonds is 10. The number of ether oxygens (including phenoxy) is 4. The highest BCUT2D eigenvalue weighted by Gasteiger charge is 2.51. The Kier molecular flexibility index (Phi) is 28.7. The fourth-order valence-corrected chi connectivity index (χ4v) is 9.01. The first kappa shape index (κ1) is 66.4. The SMILES string of the molecule is C[C@@H]1[C@H](O)[C@@H](C)/C=C/C=C\C=C\C=C\C=C\C=C\C=C[C@H](O[C@@H]2O[C@H](C)[C@H](O)[C@H](NCC(=O)[C@@H](O)[C@H](O)[C@H](O)CO)[C@@H]2O)C[C@@H]2O[C@](O)(C[C@@H](O)C[C@@H](O)[C@H](O)CC[C@@H](O)C[C@@H](O)CC(=O)O[C@H]1C)C[C@H](O)[C@@H]2C(=O)O. The van der Waals surface area contributed by atoms with E-state index in [1.807, 2.05) is 6.92 Å².